The molecular weight excluding hydrogens is 1510 g/mol. The van der Waals surface area contributed by atoms with Gasteiger partial charge in [0.25, 0.3) is 6.71 Å². The number of fused-ring (bicyclic) bond motifs is 16. The van der Waals surface area contributed by atoms with Gasteiger partial charge in [0, 0.05) is 94.3 Å². The Kier molecular flexibility index (Phi) is 16.0. The number of nitrogens with zero attached hydrogens (tertiary/aromatic N) is 6. The molecule has 2 aliphatic rings. The van der Waals surface area contributed by atoms with Gasteiger partial charge in [-0.25, -0.2) is 0 Å². The van der Waals surface area contributed by atoms with Gasteiger partial charge in [0.15, 0.2) is 0 Å². The van der Waals surface area contributed by atoms with Crippen LogP contribution < -0.4 is 26.2 Å². The van der Waals surface area contributed by atoms with Crippen LogP contribution in [0, 0.1) is 0 Å². The molecule has 125 heavy (non-hydrogen) atoms. The summed E-state index contributed by atoms with van der Waals surface area (Å²) in [6.07, 6.45) is 0. The lowest BCUT2D eigenvalue weighted by Crippen LogP contribution is -2.61. The molecule has 0 radical (unpaired) electrons. The van der Waals surface area contributed by atoms with Gasteiger partial charge in [-0.05, 0) is 263 Å². The van der Waals surface area contributed by atoms with Gasteiger partial charge in [-0.15, -0.1) is 0 Å². The minimum Gasteiger partial charge on any atom is -0.311 e. The highest BCUT2D eigenvalue weighted by atomic mass is 15.2. The van der Waals surface area contributed by atoms with E-state index in [0.717, 1.165) is 167 Å². The van der Waals surface area contributed by atoms with Crippen LogP contribution in [-0.2, 0) is 21.7 Å². The van der Waals surface area contributed by atoms with E-state index in [2.05, 4.69) is 457 Å². The van der Waals surface area contributed by atoms with E-state index in [1.165, 1.54) is 43.8 Å². The van der Waals surface area contributed by atoms with Crippen LogP contribution in [0.5, 0.6) is 0 Å². The van der Waals surface area contributed by atoms with E-state index in [4.69, 9.17) is 0 Å². The summed E-state index contributed by atoms with van der Waals surface area (Å²) in [4.78, 5) is 5.17. The van der Waals surface area contributed by atoms with E-state index < -0.39 is 6.71 Å². The van der Waals surface area contributed by atoms with E-state index in [-0.39, 0.29) is 45.8 Å². The van der Waals surface area contributed by atoms with Crippen LogP contribution in [0.2, 0.25) is 0 Å². The van der Waals surface area contributed by atoms with Gasteiger partial charge in [0.1, 0.15) is 0 Å². The minimum absolute atomic E-state index is 0.0960. The first kappa shape index (κ1) is 71.2. The average molecular weight is 1610 g/mol. The standard InChI is InChI=1S/C118H97BN6/c1-115(2,3)82-45-54-105-95(65-82)96-66-83(116(4,5)6)46-55-106(96)122(105)88-50-53-101-111(71-88)125(90-63-80(76-35-21-15-22-36-76)60-81(64-90)77-37-23-16-24-38-77)113-73-91(123-107-56-47-84(117(7,8)9)67-97(107)98-68-85(118(10,11)12)48-57-108(98)123)72-112-114(113)119(101)100-52-49-87(70-110(100)124(112)89-61-78(74-31-17-13-18-32-74)59-79(62-89)75-33-19-14-20-34-75)121-104-44-30-27-41-94(104)99-69-86(51-58-109(99)121)120-102-42-28-25-39-92(102)93-40-26-29-43-103(93)120/h13-73H,1-12H3/i27D,30D,41D,44D. The molecule has 0 saturated carbocycles. The molecule has 4 aromatic heterocycles. The first-order valence-electron chi connectivity index (χ1n) is 46.0. The van der Waals surface area contributed by atoms with Crippen molar-refractivity contribution in [3.8, 4) is 67.3 Å². The predicted molar refractivity (Wildman–Crippen MR) is 534 cm³/mol. The van der Waals surface area contributed by atoms with Gasteiger partial charge in [0.2, 0.25) is 0 Å². The second-order valence-corrected chi connectivity index (χ2v) is 38.7. The second kappa shape index (κ2) is 28.1. The van der Waals surface area contributed by atoms with Crippen molar-refractivity contribution in [2.45, 2.75) is 105 Å². The van der Waals surface area contributed by atoms with Crippen molar-refractivity contribution < 1.29 is 5.48 Å². The molecule has 0 fully saturated rings. The highest BCUT2D eigenvalue weighted by Gasteiger charge is 2.45. The summed E-state index contributed by atoms with van der Waals surface area (Å²) in [7, 11) is 0. The van der Waals surface area contributed by atoms with Crippen molar-refractivity contribution in [3.63, 3.8) is 0 Å². The monoisotopic (exact) mass is 1610 g/mol. The summed E-state index contributed by atoms with van der Waals surface area (Å²) in [5.41, 5.74) is 33.5. The number of aromatic nitrogens is 4. The molecule has 21 aromatic rings. The molecule has 2 aliphatic heterocycles. The summed E-state index contributed by atoms with van der Waals surface area (Å²) in [6, 6.07) is 128. The first-order chi connectivity index (χ1) is 62.2. The Morgan fingerprint density at radius 3 is 0.864 bits per heavy atom. The third kappa shape index (κ3) is 12.3. The lowest BCUT2D eigenvalue weighted by atomic mass is 9.33. The van der Waals surface area contributed by atoms with Crippen LogP contribution in [0.4, 0.5) is 34.1 Å². The zero-order chi connectivity index (χ0) is 88.3. The second-order valence-electron chi connectivity index (χ2n) is 38.7. The zero-order valence-corrected chi connectivity index (χ0v) is 72.7. The Hall–Kier alpha value is -14.4. The largest absolute Gasteiger partial charge is 0.311 e. The van der Waals surface area contributed by atoms with Gasteiger partial charge in [0.05, 0.1) is 55.3 Å². The van der Waals surface area contributed by atoms with Crippen LogP contribution >= 0.6 is 0 Å². The Morgan fingerprint density at radius 1 is 0.208 bits per heavy atom. The number of anilines is 6. The topological polar surface area (TPSA) is 26.2 Å². The molecule has 7 heteroatoms. The minimum atomic E-state index is -0.436. The summed E-state index contributed by atoms with van der Waals surface area (Å²) in [6.45, 7) is 27.3. The van der Waals surface area contributed by atoms with E-state index in [1.54, 1.807) is 0 Å². The molecule has 0 unspecified atom stereocenters. The molecule has 0 bridgehead atoms. The summed E-state index contributed by atoms with van der Waals surface area (Å²) >= 11 is 0. The molecule has 6 nitrogen and oxygen atoms in total. The zero-order valence-electron chi connectivity index (χ0n) is 76.7. The van der Waals surface area contributed by atoms with Crippen molar-refractivity contribution in [1.82, 2.24) is 18.3 Å². The molecule has 6 heterocycles. The van der Waals surface area contributed by atoms with Crippen molar-refractivity contribution in [2.24, 2.45) is 0 Å². The van der Waals surface area contributed by atoms with Gasteiger partial charge in [-0.2, -0.15) is 0 Å². The molecule has 0 saturated heterocycles. The van der Waals surface area contributed by atoms with Gasteiger partial charge in [-0.1, -0.05) is 295 Å². The molecule has 602 valence electrons. The Labute approximate surface area is 737 Å². The normalized spacial score (nSPS) is 13.5. The number of rotatable bonds is 10. The number of hydrogen-bond acceptors (Lipinski definition) is 2. The van der Waals surface area contributed by atoms with E-state index in [9.17, 15) is 5.48 Å². The van der Waals surface area contributed by atoms with Gasteiger partial charge in [-0.3, -0.25) is 0 Å². The third-order valence-electron chi connectivity index (χ3n) is 26.8. The summed E-state index contributed by atoms with van der Waals surface area (Å²) in [5.74, 6) is 0. The summed E-state index contributed by atoms with van der Waals surface area (Å²) in [5, 5.41) is 8.18. The van der Waals surface area contributed by atoms with Crippen LogP contribution in [0.3, 0.4) is 0 Å². The Balaban J connectivity index is 0.883. The number of para-hydroxylation sites is 3. The van der Waals surface area contributed by atoms with Crippen molar-refractivity contribution in [2.75, 3.05) is 9.80 Å². The van der Waals surface area contributed by atoms with Crippen LogP contribution in [0.25, 0.3) is 154 Å². The van der Waals surface area contributed by atoms with E-state index in [1.807, 2.05) is 0 Å². The lowest BCUT2D eigenvalue weighted by molar-refractivity contribution is 0.590. The average Bonchev–Trinajstić information content (AvgIpc) is 1.65. The predicted octanol–water partition coefficient (Wildman–Crippen LogP) is 30.0. The number of benzene rings is 17. The molecule has 23 rings (SSSR count). The molecule has 0 aliphatic carbocycles. The maximum atomic E-state index is 10.3. The van der Waals surface area contributed by atoms with Crippen LogP contribution in [0.1, 0.15) is 111 Å². The van der Waals surface area contributed by atoms with Crippen molar-refractivity contribution in [3.05, 3.63) is 392 Å². The fourth-order valence-electron chi connectivity index (χ4n) is 20.4. The fraction of sp³-hybridized carbons (Fsp3) is 0.136. The molecule has 0 atom stereocenters. The quantitative estimate of drug-likeness (QED) is 0.128. The smallest absolute Gasteiger partial charge is 0.252 e. The molecule has 17 aromatic carbocycles. The van der Waals surface area contributed by atoms with Gasteiger partial charge < -0.3 is 28.1 Å². The first-order valence-corrected chi connectivity index (χ1v) is 44.0. The molecule has 0 spiro atoms. The third-order valence-corrected chi connectivity index (χ3v) is 26.8. The highest BCUT2D eigenvalue weighted by molar-refractivity contribution is 7.00. The lowest BCUT2D eigenvalue weighted by Gasteiger charge is -2.45. The highest BCUT2D eigenvalue weighted by Crippen LogP contribution is 2.52. The van der Waals surface area contributed by atoms with E-state index >= 15 is 0 Å². The van der Waals surface area contributed by atoms with E-state index in [0.29, 0.717) is 16.3 Å². The molecule has 0 amide bonds. The maximum Gasteiger partial charge on any atom is 0.252 e. The number of hydrogen-bond donors (Lipinski definition) is 0. The molecule has 0 N–H and O–H groups in total. The van der Waals surface area contributed by atoms with Crippen LogP contribution in [-0.4, -0.2) is 25.0 Å². The Morgan fingerprint density at radius 2 is 0.496 bits per heavy atom. The summed E-state index contributed by atoms with van der Waals surface area (Å²) < 4.78 is 49.1. The Bertz CT molecular complexity index is 7960. The van der Waals surface area contributed by atoms with Crippen molar-refractivity contribution >= 4 is 144 Å². The van der Waals surface area contributed by atoms with Crippen molar-refractivity contribution in [1.29, 1.82) is 0 Å². The van der Waals surface area contributed by atoms with Crippen LogP contribution in [0.15, 0.2) is 370 Å². The van der Waals surface area contributed by atoms with Gasteiger partial charge >= 0.3 is 0 Å². The maximum absolute atomic E-state index is 10.3. The SMILES string of the molecule is [2H]c1c([2H])c([2H])c2c(c1[2H])c1cc(-n3c4ccccc4c4ccccc43)ccc1n2-c1ccc2c(c1)N(c1cc(-c3ccccc3)cc(-c3ccccc3)c1)c1cc(-n3c4ccc(C(C)(C)C)cc4c4cc(C(C)(C)C)ccc43)cc3c1B2c1ccc(-n2c4ccc(C(C)(C)C)cc4c4cc(C(C)(C)C)ccc42)cc1N3c1cc(-c2ccccc2)cc(-c2ccccc2)c1. The fourth-order valence-corrected chi connectivity index (χ4v) is 20.4. The molecular formula is C118H97BN6.